The van der Waals surface area contributed by atoms with Crippen LogP contribution in [0.5, 0.6) is 0 Å². The molecule has 3 N–H and O–H groups in total. The van der Waals surface area contributed by atoms with Gasteiger partial charge >= 0.3 is 0 Å². The van der Waals surface area contributed by atoms with Crippen molar-refractivity contribution < 1.29 is 31.1 Å². The smallest absolute Gasteiger partial charge is 0.142 e. The zero-order valence-electron chi connectivity index (χ0n) is 10.6. The van der Waals surface area contributed by atoms with Gasteiger partial charge in [-0.25, -0.2) is 0 Å². The predicted molar refractivity (Wildman–Crippen MR) is 71.2 cm³/mol. The van der Waals surface area contributed by atoms with Gasteiger partial charge in [-0.3, -0.25) is 9.59 Å². The molecule has 0 spiro atoms. The second kappa shape index (κ2) is 36.1. The van der Waals surface area contributed by atoms with E-state index in [1.165, 1.54) is 12.2 Å². The molecule has 0 radical (unpaired) electrons. The lowest BCUT2D eigenvalue weighted by molar-refractivity contribution is -0.107. The van der Waals surface area contributed by atoms with Crippen LogP contribution in [0.25, 0.3) is 0 Å². The normalized spacial score (nSPS) is 6.94. The van der Waals surface area contributed by atoms with Gasteiger partial charge in [-0.1, -0.05) is 20.1 Å². The third kappa shape index (κ3) is 89.1. The van der Waals surface area contributed by atoms with E-state index in [0.717, 1.165) is 6.29 Å². The molecule has 0 aromatic carbocycles. The molecule has 0 saturated carbocycles. The molecule has 0 amide bonds. The molecule has 0 atom stereocenters. The van der Waals surface area contributed by atoms with Crippen LogP contribution in [0.3, 0.4) is 0 Å². The van der Waals surface area contributed by atoms with E-state index in [9.17, 15) is 4.79 Å². The molecular formula is C12H24O6. The minimum absolute atomic E-state index is 0. The fourth-order valence-corrected chi connectivity index (χ4v) is 0.0577. The van der Waals surface area contributed by atoms with Crippen molar-refractivity contribution >= 4 is 18.9 Å². The number of aliphatic hydroxyl groups is 3. The Bertz CT molecular complexity index is 169. The zero-order chi connectivity index (χ0) is 15.2. The van der Waals surface area contributed by atoms with Crippen LogP contribution in [-0.2, 0) is 14.4 Å². The Morgan fingerprint density at radius 3 is 1.28 bits per heavy atom. The molecule has 0 unspecified atom stereocenters. The maximum Gasteiger partial charge on any atom is 0.142 e. The highest BCUT2D eigenvalue weighted by Gasteiger charge is 1.93. The van der Waals surface area contributed by atoms with Crippen molar-refractivity contribution in [2.24, 2.45) is 0 Å². The Morgan fingerprint density at radius 1 is 1.06 bits per heavy atom. The van der Waals surface area contributed by atoms with E-state index in [0.29, 0.717) is 19.0 Å². The number of hydrogen-bond donors (Lipinski definition) is 3. The van der Waals surface area contributed by atoms with Crippen LogP contribution in [-0.4, -0.2) is 53.5 Å². The fourth-order valence-electron chi connectivity index (χ4n) is 0.0577. The molecule has 0 aliphatic rings. The first-order chi connectivity index (χ1) is 8.55. The number of hydrogen-bond acceptors (Lipinski definition) is 6. The van der Waals surface area contributed by atoms with Gasteiger partial charge in [-0.15, -0.1) is 0 Å². The van der Waals surface area contributed by atoms with Crippen LogP contribution < -0.4 is 0 Å². The maximum absolute atomic E-state index is 9.17. The van der Waals surface area contributed by atoms with E-state index in [1.54, 1.807) is 0 Å². The summed E-state index contributed by atoms with van der Waals surface area (Å²) in [5.74, 6) is 0. The molecular weight excluding hydrogens is 240 g/mol. The quantitative estimate of drug-likeness (QED) is 0.473. The molecule has 0 rings (SSSR count). The highest BCUT2D eigenvalue weighted by atomic mass is 16.3. The molecule has 6 heteroatoms. The van der Waals surface area contributed by atoms with Crippen LogP contribution in [0, 0.1) is 0 Å². The van der Waals surface area contributed by atoms with E-state index in [-0.39, 0.29) is 14.6 Å². The van der Waals surface area contributed by atoms with Gasteiger partial charge in [-0.05, 0) is 12.2 Å². The van der Waals surface area contributed by atoms with E-state index in [1.807, 2.05) is 6.92 Å². The van der Waals surface area contributed by atoms with Gasteiger partial charge in [0.05, 0.1) is 13.2 Å². The molecule has 0 aliphatic heterocycles. The average Bonchev–Trinajstić information content (AvgIpc) is 2.46. The van der Waals surface area contributed by atoms with Crippen molar-refractivity contribution in [3.63, 3.8) is 0 Å². The Kier molecular flexibility index (Phi) is 50.8. The van der Waals surface area contributed by atoms with Crippen molar-refractivity contribution in [2.45, 2.75) is 19.4 Å². The van der Waals surface area contributed by atoms with Crippen molar-refractivity contribution in [1.29, 1.82) is 0 Å². The highest BCUT2D eigenvalue weighted by molar-refractivity contribution is 5.63. The Labute approximate surface area is 109 Å². The van der Waals surface area contributed by atoms with Gasteiger partial charge in [0.2, 0.25) is 0 Å². The first-order valence-electron chi connectivity index (χ1n) is 5.01. The predicted octanol–water partition coefficient (Wildman–Crippen LogP) is -0.0842. The molecule has 0 aromatic rings. The Balaban J connectivity index is -0.0000000459. The third-order valence-electron chi connectivity index (χ3n) is 0.781. The fraction of sp³-hybridized carbons (Fsp3) is 0.417. The monoisotopic (exact) mass is 264 g/mol. The molecule has 0 fully saturated rings. The van der Waals surface area contributed by atoms with Gasteiger partial charge in [-0.2, -0.15) is 0 Å². The zero-order valence-corrected chi connectivity index (χ0v) is 10.6. The summed E-state index contributed by atoms with van der Waals surface area (Å²) >= 11 is 0. The third-order valence-corrected chi connectivity index (χ3v) is 0.781. The second-order valence-electron chi connectivity index (χ2n) is 2.34. The largest absolute Gasteiger partial charge is 0.394 e. The maximum atomic E-state index is 9.17. The van der Waals surface area contributed by atoms with Crippen LogP contribution in [0.1, 0.15) is 14.8 Å². The molecule has 108 valence electrons. The number of carbonyl (C=O) groups excluding carboxylic acids is 3. The Hall–Kier alpha value is -1.63. The van der Waals surface area contributed by atoms with Crippen LogP contribution in [0.2, 0.25) is 0 Å². The number of aldehydes is 3. The number of rotatable bonds is 5. The van der Waals surface area contributed by atoms with Crippen molar-refractivity contribution in [3.05, 3.63) is 25.3 Å². The van der Waals surface area contributed by atoms with Crippen molar-refractivity contribution in [3.8, 4) is 0 Å². The summed E-state index contributed by atoms with van der Waals surface area (Å²) < 4.78 is 0. The number of aliphatic hydroxyl groups excluding tert-OH is 3. The Morgan fingerprint density at radius 2 is 1.28 bits per heavy atom. The molecule has 0 saturated heterocycles. The topological polar surface area (TPSA) is 112 Å². The van der Waals surface area contributed by atoms with E-state index >= 15 is 0 Å². The van der Waals surface area contributed by atoms with E-state index in [2.05, 4.69) is 13.2 Å². The first-order valence-corrected chi connectivity index (χ1v) is 5.01. The van der Waals surface area contributed by atoms with E-state index < -0.39 is 6.10 Å². The molecule has 0 bridgehead atoms. The standard InChI is InChI=1S/C3H8O3.C3H6O.2C3H4O.H2/c4-1-3(6)2-5;3*1-2-3-4;/h3-6H,1-2H2;3H,2H2,1H3;2*2-3H,1H2;1H. The summed E-state index contributed by atoms with van der Waals surface area (Å²) in [6.45, 7) is 7.31. The molecule has 0 heterocycles. The summed E-state index contributed by atoms with van der Waals surface area (Å²) in [5, 5.41) is 24.0. The van der Waals surface area contributed by atoms with Gasteiger partial charge in [0.1, 0.15) is 25.0 Å². The summed E-state index contributed by atoms with van der Waals surface area (Å²) in [4.78, 5) is 27.3. The lowest BCUT2D eigenvalue weighted by atomic mass is 10.4. The van der Waals surface area contributed by atoms with Crippen LogP contribution >= 0.6 is 0 Å². The SMILES string of the molecule is C=CC=O.C=CC=O.CCC=O.OCC(O)CO.[HH]. The minimum Gasteiger partial charge on any atom is -0.394 e. The highest BCUT2D eigenvalue weighted by Crippen LogP contribution is 1.71. The van der Waals surface area contributed by atoms with Gasteiger partial charge < -0.3 is 20.1 Å². The number of allylic oxidation sites excluding steroid dienone is 2. The molecule has 0 aliphatic carbocycles. The molecule has 0 aromatic heterocycles. The molecule has 18 heavy (non-hydrogen) atoms. The van der Waals surface area contributed by atoms with Crippen LogP contribution in [0.4, 0.5) is 0 Å². The average molecular weight is 264 g/mol. The summed E-state index contributed by atoms with van der Waals surface area (Å²) in [6, 6.07) is 0. The van der Waals surface area contributed by atoms with Gasteiger partial charge in [0, 0.05) is 7.85 Å². The lowest BCUT2D eigenvalue weighted by Crippen LogP contribution is -2.15. The minimum atomic E-state index is -0.954. The first kappa shape index (κ1) is 25.3. The summed E-state index contributed by atoms with van der Waals surface area (Å²) in [7, 11) is 0. The lowest BCUT2D eigenvalue weighted by Gasteiger charge is -1.96. The van der Waals surface area contributed by atoms with E-state index in [4.69, 9.17) is 24.9 Å². The second-order valence-corrected chi connectivity index (χ2v) is 2.34. The summed E-state index contributed by atoms with van der Waals surface area (Å²) in [5.41, 5.74) is 0. The van der Waals surface area contributed by atoms with Crippen LogP contribution in [0.15, 0.2) is 25.3 Å². The van der Waals surface area contributed by atoms with Gasteiger partial charge in [0.25, 0.3) is 0 Å². The number of carbonyl (C=O) groups is 3. The molecule has 6 nitrogen and oxygen atoms in total. The van der Waals surface area contributed by atoms with Crippen molar-refractivity contribution in [2.75, 3.05) is 13.2 Å². The summed E-state index contributed by atoms with van der Waals surface area (Å²) in [6.07, 6.45) is 4.23. The van der Waals surface area contributed by atoms with Gasteiger partial charge in [0.15, 0.2) is 0 Å². The van der Waals surface area contributed by atoms with Crippen molar-refractivity contribution in [1.82, 2.24) is 0 Å².